The molecule has 0 aliphatic carbocycles. The highest BCUT2D eigenvalue weighted by atomic mass is 16.5. The lowest BCUT2D eigenvalue weighted by atomic mass is 10.1. The van der Waals surface area contributed by atoms with Gasteiger partial charge in [-0.1, -0.05) is 6.07 Å². The van der Waals surface area contributed by atoms with Gasteiger partial charge >= 0.3 is 0 Å². The van der Waals surface area contributed by atoms with E-state index >= 15 is 0 Å². The van der Waals surface area contributed by atoms with Crippen LogP contribution in [0.3, 0.4) is 0 Å². The van der Waals surface area contributed by atoms with Crippen molar-refractivity contribution in [3.8, 4) is 5.75 Å². The molecule has 26 heavy (non-hydrogen) atoms. The van der Waals surface area contributed by atoms with Crippen LogP contribution in [0.1, 0.15) is 22.8 Å². The third kappa shape index (κ3) is 2.94. The van der Waals surface area contributed by atoms with Crippen LogP contribution in [-0.4, -0.2) is 32.5 Å². The number of aryl methyl sites for hydroxylation is 1. The average Bonchev–Trinajstić information content (AvgIpc) is 2.62. The number of hydrogen-bond acceptors (Lipinski definition) is 7. The number of nitrogens with zero attached hydrogens (tertiary/aromatic N) is 4. The highest BCUT2D eigenvalue weighted by molar-refractivity contribution is 6.03. The Bertz CT molecular complexity index is 1040. The maximum atomic E-state index is 12.8. The summed E-state index contributed by atoms with van der Waals surface area (Å²) in [6.45, 7) is 3.99. The maximum absolute atomic E-state index is 12.8. The minimum absolute atomic E-state index is 0.0658. The number of hydrogen-bond donors (Lipinski definition) is 2. The Morgan fingerprint density at radius 2 is 2.00 bits per heavy atom. The lowest BCUT2D eigenvalue weighted by Gasteiger charge is -2.14. The summed E-state index contributed by atoms with van der Waals surface area (Å²) in [6.07, 6.45) is 2.61. The molecule has 0 bridgehead atoms. The van der Waals surface area contributed by atoms with Crippen molar-refractivity contribution in [2.45, 2.75) is 20.4 Å². The van der Waals surface area contributed by atoms with Crippen molar-refractivity contribution >= 4 is 28.7 Å². The van der Waals surface area contributed by atoms with Gasteiger partial charge in [0.1, 0.15) is 11.3 Å². The van der Waals surface area contributed by atoms with Crippen molar-refractivity contribution in [1.82, 2.24) is 19.5 Å². The molecule has 0 fully saturated rings. The molecule has 9 nitrogen and oxygen atoms in total. The highest BCUT2D eigenvalue weighted by Crippen LogP contribution is 2.27. The van der Waals surface area contributed by atoms with Crippen LogP contribution in [0.15, 0.2) is 29.3 Å². The number of anilines is 2. The molecular weight excluding hydrogens is 336 g/mol. The number of carbonyl (C=O) groups excluding carboxylic acids is 1. The number of carbonyl (C=O) groups is 1. The molecule has 3 N–H and O–H groups in total. The SMILES string of the molecule is CCn1c(NC(=O)c2cnc(N)nc2)nc2c(OC)c(C)ccc2c1=O. The van der Waals surface area contributed by atoms with Crippen LogP contribution in [0, 0.1) is 6.92 Å². The molecule has 0 atom stereocenters. The van der Waals surface area contributed by atoms with Crippen LogP contribution < -0.4 is 21.3 Å². The molecule has 0 aliphatic rings. The van der Waals surface area contributed by atoms with Crippen molar-refractivity contribution < 1.29 is 9.53 Å². The molecule has 0 saturated heterocycles. The van der Waals surface area contributed by atoms with E-state index in [1.807, 2.05) is 6.92 Å². The molecule has 2 aromatic heterocycles. The van der Waals surface area contributed by atoms with Gasteiger partial charge in [-0.25, -0.2) is 15.0 Å². The molecular formula is C17H18N6O3. The molecule has 1 aromatic carbocycles. The average molecular weight is 354 g/mol. The summed E-state index contributed by atoms with van der Waals surface area (Å²) in [7, 11) is 1.51. The Hall–Kier alpha value is -3.49. The number of nitrogens with one attached hydrogen (secondary N) is 1. The quantitative estimate of drug-likeness (QED) is 0.724. The fourth-order valence-electron chi connectivity index (χ4n) is 2.64. The first kappa shape index (κ1) is 17.3. The van der Waals surface area contributed by atoms with Gasteiger partial charge in [0.15, 0.2) is 0 Å². The lowest BCUT2D eigenvalue weighted by Crippen LogP contribution is -2.27. The Balaban J connectivity index is 2.13. The van der Waals surface area contributed by atoms with E-state index in [1.165, 1.54) is 24.1 Å². The zero-order chi connectivity index (χ0) is 18.8. The number of rotatable bonds is 4. The number of benzene rings is 1. The summed E-state index contributed by atoms with van der Waals surface area (Å²) in [5.74, 6) is 0.186. The third-order valence-electron chi connectivity index (χ3n) is 3.96. The number of nitrogens with two attached hydrogens (primary N) is 1. The van der Waals surface area contributed by atoms with Crippen LogP contribution in [-0.2, 0) is 6.54 Å². The molecule has 0 radical (unpaired) electrons. The van der Waals surface area contributed by atoms with E-state index in [1.54, 1.807) is 19.1 Å². The molecule has 3 aromatic rings. The Labute approximate surface area is 148 Å². The second kappa shape index (κ2) is 6.79. The minimum Gasteiger partial charge on any atom is -0.494 e. The van der Waals surface area contributed by atoms with Gasteiger partial charge in [-0.2, -0.15) is 0 Å². The second-order valence-corrected chi connectivity index (χ2v) is 5.58. The summed E-state index contributed by atoms with van der Waals surface area (Å²) in [6, 6.07) is 3.50. The molecule has 134 valence electrons. The smallest absolute Gasteiger partial charge is 0.262 e. The third-order valence-corrected chi connectivity index (χ3v) is 3.96. The van der Waals surface area contributed by atoms with Gasteiger partial charge in [0.05, 0.1) is 18.1 Å². The van der Waals surface area contributed by atoms with Gasteiger partial charge in [0, 0.05) is 18.9 Å². The van der Waals surface area contributed by atoms with Crippen molar-refractivity contribution in [2.75, 3.05) is 18.2 Å². The van der Waals surface area contributed by atoms with Crippen LogP contribution in [0.2, 0.25) is 0 Å². The summed E-state index contributed by atoms with van der Waals surface area (Å²) < 4.78 is 6.77. The Morgan fingerprint density at radius 1 is 1.31 bits per heavy atom. The van der Waals surface area contributed by atoms with Crippen molar-refractivity contribution in [3.63, 3.8) is 0 Å². The number of aromatic nitrogens is 4. The topological polar surface area (TPSA) is 125 Å². The van der Waals surface area contributed by atoms with Crippen LogP contribution in [0.4, 0.5) is 11.9 Å². The molecule has 0 spiro atoms. The molecule has 0 aliphatic heterocycles. The van der Waals surface area contributed by atoms with E-state index in [0.717, 1.165) is 5.56 Å². The molecule has 0 unspecified atom stereocenters. The number of fused-ring (bicyclic) bond motifs is 1. The Kier molecular flexibility index (Phi) is 4.53. The first-order valence-electron chi connectivity index (χ1n) is 7.93. The van der Waals surface area contributed by atoms with Crippen LogP contribution >= 0.6 is 0 Å². The number of amides is 1. The van der Waals surface area contributed by atoms with Crippen molar-refractivity contribution in [2.24, 2.45) is 0 Å². The summed E-state index contributed by atoms with van der Waals surface area (Å²) >= 11 is 0. The summed E-state index contributed by atoms with van der Waals surface area (Å²) in [4.78, 5) is 37.3. The van der Waals surface area contributed by atoms with Crippen LogP contribution in [0.25, 0.3) is 10.9 Å². The lowest BCUT2D eigenvalue weighted by molar-refractivity contribution is 0.102. The molecule has 0 saturated carbocycles. The summed E-state index contributed by atoms with van der Waals surface area (Å²) in [5, 5.41) is 3.06. The Morgan fingerprint density at radius 3 is 2.62 bits per heavy atom. The van der Waals surface area contributed by atoms with E-state index in [2.05, 4.69) is 20.3 Å². The number of methoxy groups -OCH3 is 1. The van der Waals surface area contributed by atoms with Gasteiger partial charge in [0.25, 0.3) is 11.5 Å². The molecule has 3 rings (SSSR count). The first-order valence-corrected chi connectivity index (χ1v) is 7.93. The zero-order valence-electron chi connectivity index (χ0n) is 14.6. The zero-order valence-corrected chi connectivity index (χ0v) is 14.6. The first-order chi connectivity index (χ1) is 12.5. The number of ether oxygens (including phenoxy) is 1. The molecule has 9 heteroatoms. The van der Waals surface area contributed by atoms with Gasteiger partial charge < -0.3 is 10.5 Å². The molecule has 2 heterocycles. The monoisotopic (exact) mass is 354 g/mol. The number of nitrogen functional groups attached to an aromatic ring is 1. The standard InChI is InChI=1S/C17H18N6O3/c1-4-23-15(25)11-6-5-9(2)13(26-3)12(11)21-17(23)22-14(24)10-7-19-16(18)20-8-10/h5-8H,4H2,1-3H3,(H2,18,19,20)(H,21,22,24). The van der Waals surface area contributed by atoms with Gasteiger partial charge in [0.2, 0.25) is 11.9 Å². The second-order valence-electron chi connectivity index (χ2n) is 5.58. The van der Waals surface area contributed by atoms with Crippen LogP contribution in [0.5, 0.6) is 5.75 Å². The minimum atomic E-state index is -0.495. The van der Waals surface area contributed by atoms with Gasteiger partial charge in [-0.15, -0.1) is 0 Å². The van der Waals surface area contributed by atoms with Crippen molar-refractivity contribution in [3.05, 3.63) is 46.0 Å². The van der Waals surface area contributed by atoms with E-state index in [0.29, 0.717) is 23.2 Å². The van der Waals surface area contributed by atoms with E-state index in [4.69, 9.17) is 10.5 Å². The predicted octanol–water partition coefficient (Wildman–Crippen LogP) is 1.36. The fourth-order valence-corrected chi connectivity index (χ4v) is 2.64. The van der Waals surface area contributed by atoms with E-state index in [-0.39, 0.29) is 23.0 Å². The maximum Gasteiger partial charge on any atom is 0.262 e. The summed E-state index contributed by atoms with van der Waals surface area (Å²) in [5.41, 5.74) is 6.60. The van der Waals surface area contributed by atoms with E-state index < -0.39 is 5.91 Å². The normalized spacial score (nSPS) is 10.7. The fraction of sp³-hybridized carbons (Fsp3) is 0.235. The van der Waals surface area contributed by atoms with E-state index in [9.17, 15) is 9.59 Å². The van der Waals surface area contributed by atoms with Crippen molar-refractivity contribution in [1.29, 1.82) is 0 Å². The predicted molar refractivity (Wildman–Crippen MR) is 97.4 cm³/mol. The van der Waals surface area contributed by atoms with Gasteiger partial charge in [-0.3, -0.25) is 19.5 Å². The largest absolute Gasteiger partial charge is 0.494 e. The van der Waals surface area contributed by atoms with Gasteiger partial charge in [-0.05, 0) is 25.5 Å². The highest BCUT2D eigenvalue weighted by Gasteiger charge is 2.17. The molecule has 1 amide bonds.